The van der Waals surface area contributed by atoms with Gasteiger partial charge in [0.25, 0.3) is 0 Å². The molecule has 0 bridgehead atoms. The van der Waals surface area contributed by atoms with E-state index in [1.807, 2.05) is 6.92 Å². The van der Waals surface area contributed by atoms with E-state index in [2.05, 4.69) is 14.8 Å². The fraction of sp³-hybridized carbons (Fsp3) is 0.571. The number of benzene rings is 1. The van der Waals surface area contributed by atoms with Crippen LogP contribution in [0.15, 0.2) is 40.4 Å². The number of nitrogens with zero attached hydrogens (tertiary/aromatic N) is 5. The molecule has 0 radical (unpaired) electrons. The third-order valence-corrected chi connectivity index (χ3v) is 9.06. The molecule has 31 heavy (non-hydrogen) atoms. The summed E-state index contributed by atoms with van der Waals surface area (Å²) in [6, 6.07) is 8.95. The molecular weight excluding hydrogens is 434 g/mol. The van der Waals surface area contributed by atoms with Gasteiger partial charge in [-0.05, 0) is 44.7 Å². The van der Waals surface area contributed by atoms with Crippen molar-refractivity contribution in [2.75, 3.05) is 26.2 Å². The number of sulfonamides is 1. The lowest BCUT2D eigenvalue weighted by Gasteiger charge is -2.35. The van der Waals surface area contributed by atoms with Crippen molar-refractivity contribution in [1.82, 2.24) is 24.0 Å². The number of hydrogen-bond acceptors (Lipinski definition) is 6. The van der Waals surface area contributed by atoms with Gasteiger partial charge in [0.1, 0.15) is 5.82 Å². The largest absolute Gasteiger partial charge is 0.339 e. The minimum absolute atomic E-state index is 0.0278. The molecule has 1 atom stereocenters. The Morgan fingerprint density at radius 2 is 1.71 bits per heavy atom. The molecule has 1 saturated heterocycles. The molecule has 2 heterocycles. The zero-order chi connectivity index (χ0) is 21.6. The summed E-state index contributed by atoms with van der Waals surface area (Å²) in [6.45, 7) is 3.33. The van der Waals surface area contributed by atoms with Crippen molar-refractivity contribution in [3.63, 3.8) is 0 Å². The summed E-state index contributed by atoms with van der Waals surface area (Å²) >= 11 is 1.48. The van der Waals surface area contributed by atoms with Crippen LogP contribution in [0.3, 0.4) is 0 Å². The Balaban J connectivity index is 1.21. The maximum atomic E-state index is 13.1. The van der Waals surface area contributed by atoms with Gasteiger partial charge >= 0.3 is 0 Å². The Kier molecular flexibility index (Phi) is 5.56. The van der Waals surface area contributed by atoms with Crippen molar-refractivity contribution in [3.8, 4) is 0 Å². The van der Waals surface area contributed by atoms with E-state index in [4.69, 9.17) is 0 Å². The minimum Gasteiger partial charge on any atom is -0.339 e. The zero-order valence-corrected chi connectivity index (χ0v) is 19.2. The molecule has 1 aromatic heterocycles. The normalized spacial score (nSPS) is 21.3. The van der Waals surface area contributed by atoms with Crippen LogP contribution in [0, 0.1) is 0 Å². The molecule has 2 aliphatic carbocycles. The lowest BCUT2D eigenvalue weighted by Crippen LogP contribution is -2.52. The predicted octanol–water partition coefficient (Wildman–Crippen LogP) is 2.50. The first kappa shape index (κ1) is 21.0. The number of carbonyl (C=O) groups excluding carboxylic acids is 1. The second-order valence-corrected chi connectivity index (χ2v) is 11.8. The van der Waals surface area contributed by atoms with Gasteiger partial charge in [-0.1, -0.05) is 30.0 Å². The summed E-state index contributed by atoms with van der Waals surface area (Å²) in [5.41, 5.74) is 0. The molecule has 5 rings (SSSR count). The first-order chi connectivity index (χ1) is 14.9. The van der Waals surface area contributed by atoms with Gasteiger partial charge in [-0.2, -0.15) is 4.31 Å². The second-order valence-electron chi connectivity index (χ2n) is 8.52. The van der Waals surface area contributed by atoms with Gasteiger partial charge in [0, 0.05) is 38.1 Å². The molecule has 1 amide bonds. The SMILES string of the molecule is CC(Sc1nnc(C2CC2)n1C1CC1)C(=O)N1CCN(S(=O)(=O)c2ccccc2)CC1. The number of aromatic nitrogens is 3. The highest BCUT2D eigenvalue weighted by molar-refractivity contribution is 8.00. The van der Waals surface area contributed by atoms with Gasteiger partial charge in [0.15, 0.2) is 5.16 Å². The molecular formula is C21H27N5O3S2. The van der Waals surface area contributed by atoms with Crippen LogP contribution in [0.2, 0.25) is 0 Å². The summed E-state index contributed by atoms with van der Waals surface area (Å²) < 4.78 is 29.3. The third-order valence-electron chi connectivity index (χ3n) is 6.11. The van der Waals surface area contributed by atoms with E-state index >= 15 is 0 Å². The van der Waals surface area contributed by atoms with Crippen LogP contribution in [0.25, 0.3) is 0 Å². The monoisotopic (exact) mass is 461 g/mol. The van der Waals surface area contributed by atoms with E-state index in [-0.39, 0.29) is 11.2 Å². The zero-order valence-electron chi connectivity index (χ0n) is 17.6. The molecule has 0 N–H and O–H groups in total. The fourth-order valence-electron chi connectivity index (χ4n) is 4.02. The third kappa shape index (κ3) is 4.25. The van der Waals surface area contributed by atoms with Crippen molar-refractivity contribution in [1.29, 1.82) is 0 Å². The van der Waals surface area contributed by atoms with E-state index in [0.29, 0.717) is 43.0 Å². The topological polar surface area (TPSA) is 88.4 Å². The van der Waals surface area contributed by atoms with Crippen LogP contribution in [0.1, 0.15) is 50.4 Å². The average Bonchev–Trinajstić information content (AvgIpc) is 3.73. The molecule has 1 aromatic carbocycles. The maximum Gasteiger partial charge on any atom is 0.243 e. The average molecular weight is 462 g/mol. The van der Waals surface area contributed by atoms with Crippen LogP contribution in [0.5, 0.6) is 0 Å². The lowest BCUT2D eigenvalue weighted by atomic mass is 10.3. The molecule has 0 spiro atoms. The Bertz CT molecular complexity index is 1060. The van der Waals surface area contributed by atoms with Crippen LogP contribution >= 0.6 is 11.8 Å². The Labute approximate surface area is 187 Å². The number of thioether (sulfide) groups is 1. The van der Waals surface area contributed by atoms with E-state index in [9.17, 15) is 13.2 Å². The highest BCUT2D eigenvalue weighted by atomic mass is 32.2. The molecule has 166 valence electrons. The molecule has 8 nitrogen and oxygen atoms in total. The molecule has 10 heteroatoms. The van der Waals surface area contributed by atoms with E-state index in [1.54, 1.807) is 35.2 Å². The van der Waals surface area contributed by atoms with E-state index < -0.39 is 10.0 Å². The van der Waals surface area contributed by atoms with Gasteiger partial charge in [0.05, 0.1) is 10.1 Å². The Morgan fingerprint density at radius 3 is 2.32 bits per heavy atom. The standard InChI is InChI=1S/C21H27N5O3S2/c1-15(30-21-23-22-19(16-7-8-16)26(21)17-9-10-17)20(27)24-11-13-25(14-12-24)31(28,29)18-5-3-2-4-6-18/h2-6,15-17H,7-14H2,1H3. The Hall–Kier alpha value is -1.91. The van der Waals surface area contributed by atoms with E-state index in [1.165, 1.54) is 28.9 Å². The summed E-state index contributed by atoms with van der Waals surface area (Å²) in [4.78, 5) is 15.1. The van der Waals surface area contributed by atoms with E-state index in [0.717, 1.165) is 23.8 Å². The van der Waals surface area contributed by atoms with Gasteiger partial charge in [-0.25, -0.2) is 8.42 Å². The molecule has 3 fully saturated rings. The van der Waals surface area contributed by atoms with Crippen LogP contribution in [-0.2, 0) is 14.8 Å². The van der Waals surface area contributed by atoms with Gasteiger partial charge in [-0.15, -0.1) is 10.2 Å². The highest BCUT2D eigenvalue weighted by Gasteiger charge is 2.38. The van der Waals surface area contributed by atoms with Crippen LogP contribution < -0.4 is 0 Å². The van der Waals surface area contributed by atoms with Crippen molar-refractivity contribution in [2.45, 2.75) is 59.9 Å². The number of rotatable bonds is 7. The molecule has 1 unspecified atom stereocenters. The second kappa shape index (κ2) is 8.22. The lowest BCUT2D eigenvalue weighted by molar-refractivity contribution is -0.131. The van der Waals surface area contributed by atoms with Crippen molar-refractivity contribution >= 4 is 27.7 Å². The summed E-state index contributed by atoms with van der Waals surface area (Å²) in [5.74, 6) is 1.65. The van der Waals surface area contributed by atoms with Crippen molar-refractivity contribution in [2.24, 2.45) is 0 Å². The summed E-state index contributed by atoms with van der Waals surface area (Å²) in [5, 5.41) is 9.38. The van der Waals surface area contributed by atoms with Gasteiger partial charge < -0.3 is 9.47 Å². The number of amides is 1. The minimum atomic E-state index is -3.52. The fourth-order valence-corrected chi connectivity index (χ4v) is 6.47. The van der Waals surface area contributed by atoms with Crippen LogP contribution in [0.4, 0.5) is 0 Å². The molecule has 2 saturated carbocycles. The Morgan fingerprint density at radius 1 is 1.03 bits per heavy atom. The first-order valence-electron chi connectivity index (χ1n) is 10.9. The summed E-state index contributed by atoms with van der Waals surface area (Å²) in [6.07, 6.45) is 4.68. The van der Waals surface area contributed by atoms with Gasteiger partial charge in [0.2, 0.25) is 15.9 Å². The van der Waals surface area contributed by atoms with Gasteiger partial charge in [-0.3, -0.25) is 4.79 Å². The molecule has 3 aliphatic rings. The highest BCUT2D eigenvalue weighted by Crippen LogP contribution is 2.46. The smallest absolute Gasteiger partial charge is 0.243 e. The summed E-state index contributed by atoms with van der Waals surface area (Å²) in [7, 11) is -3.52. The predicted molar refractivity (Wildman–Crippen MR) is 117 cm³/mol. The first-order valence-corrected chi connectivity index (χ1v) is 13.2. The van der Waals surface area contributed by atoms with Crippen molar-refractivity contribution in [3.05, 3.63) is 36.2 Å². The number of hydrogen-bond donors (Lipinski definition) is 0. The van der Waals surface area contributed by atoms with Crippen molar-refractivity contribution < 1.29 is 13.2 Å². The molecule has 2 aromatic rings. The number of piperazine rings is 1. The molecule has 1 aliphatic heterocycles. The maximum absolute atomic E-state index is 13.1. The van der Waals surface area contributed by atoms with Crippen LogP contribution in [-0.4, -0.2) is 69.7 Å². The number of carbonyl (C=O) groups is 1. The quantitative estimate of drug-likeness (QED) is 0.589.